The maximum atomic E-state index is 13.1. The van der Waals surface area contributed by atoms with Gasteiger partial charge in [0.2, 0.25) is 0 Å². The summed E-state index contributed by atoms with van der Waals surface area (Å²) in [4.78, 5) is 3.74. The molecule has 3 N–H and O–H groups in total. The van der Waals surface area contributed by atoms with Gasteiger partial charge in [-0.3, -0.25) is 10.8 Å². The van der Waals surface area contributed by atoms with Gasteiger partial charge in [-0.25, -0.2) is 5.43 Å². The van der Waals surface area contributed by atoms with Crippen LogP contribution in [0.4, 0.5) is 13.2 Å². The summed E-state index contributed by atoms with van der Waals surface area (Å²) in [5, 5.41) is 0.587. The lowest BCUT2D eigenvalue weighted by molar-refractivity contribution is -0.138. The number of hydrogen-bond acceptors (Lipinski definition) is 3. The first kappa shape index (κ1) is 16.0. The fourth-order valence-corrected chi connectivity index (χ4v) is 2.50. The normalized spacial score (nSPS) is 13.2. The van der Waals surface area contributed by atoms with Gasteiger partial charge in [-0.1, -0.05) is 29.3 Å². The molecule has 1 heterocycles. The van der Waals surface area contributed by atoms with Crippen molar-refractivity contribution in [3.63, 3.8) is 0 Å². The summed E-state index contributed by atoms with van der Waals surface area (Å²) in [6, 6.07) is 4.41. The monoisotopic (exact) mass is 335 g/mol. The Morgan fingerprint density at radius 3 is 2.43 bits per heavy atom. The number of nitrogens with one attached hydrogen (secondary N) is 1. The van der Waals surface area contributed by atoms with Crippen LogP contribution < -0.4 is 11.3 Å². The summed E-state index contributed by atoms with van der Waals surface area (Å²) in [6.07, 6.45) is -2.34. The molecule has 0 radical (unpaired) electrons. The van der Waals surface area contributed by atoms with E-state index in [4.69, 9.17) is 29.0 Å². The molecule has 0 saturated heterocycles. The summed E-state index contributed by atoms with van der Waals surface area (Å²) >= 11 is 11.8. The van der Waals surface area contributed by atoms with Crippen molar-refractivity contribution in [3.8, 4) is 0 Å². The van der Waals surface area contributed by atoms with Crippen LogP contribution >= 0.6 is 23.2 Å². The molecule has 0 aliphatic heterocycles. The van der Waals surface area contributed by atoms with E-state index in [0.717, 1.165) is 18.5 Å². The lowest BCUT2D eigenvalue weighted by Gasteiger charge is -2.22. The smallest absolute Gasteiger partial charge is 0.271 e. The van der Waals surface area contributed by atoms with Crippen molar-refractivity contribution in [3.05, 3.63) is 63.4 Å². The summed E-state index contributed by atoms with van der Waals surface area (Å²) in [6.45, 7) is 0. The number of benzene rings is 1. The topological polar surface area (TPSA) is 50.9 Å². The first-order valence-electron chi connectivity index (χ1n) is 5.76. The van der Waals surface area contributed by atoms with Gasteiger partial charge in [-0.15, -0.1) is 0 Å². The van der Waals surface area contributed by atoms with Crippen LogP contribution in [-0.4, -0.2) is 4.98 Å². The third-order valence-electron chi connectivity index (χ3n) is 2.91. The van der Waals surface area contributed by atoms with Gasteiger partial charge < -0.3 is 0 Å². The highest BCUT2D eigenvalue weighted by molar-refractivity contribution is 6.35. The van der Waals surface area contributed by atoms with Crippen LogP contribution in [0.5, 0.6) is 0 Å². The third kappa shape index (κ3) is 3.47. The van der Waals surface area contributed by atoms with Gasteiger partial charge in [0.25, 0.3) is 0 Å². The molecule has 0 aliphatic rings. The van der Waals surface area contributed by atoms with Crippen LogP contribution in [0, 0.1) is 0 Å². The van der Waals surface area contributed by atoms with Crippen molar-refractivity contribution in [1.82, 2.24) is 10.4 Å². The summed E-state index contributed by atoms with van der Waals surface area (Å²) in [7, 11) is 0. The molecule has 0 amide bonds. The second-order valence-corrected chi connectivity index (χ2v) is 5.07. The maximum absolute atomic E-state index is 13.1. The van der Waals surface area contributed by atoms with Crippen LogP contribution in [0.2, 0.25) is 10.0 Å². The Morgan fingerprint density at radius 2 is 1.86 bits per heavy atom. The largest absolute Gasteiger partial charge is 0.416 e. The van der Waals surface area contributed by atoms with E-state index in [-0.39, 0.29) is 10.6 Å². The van der Waals surface area contributed by atoms with E-state index >= 15 is 0 Å². The fourth-order valence-electron chi connectivity index (χ4n) is 1.98. The first-order valence-corrected chi connectivity index (χ1v) is 6.52. The van der Waals surface area contributed by atoms with Crippen molar-refractivity contribution < 1.29 is 13.2 Å². The predicted octanol–water partition coefficient (Wildman–Crippen LogP) is 3.96. The fraction of sp³-hybridized carbons (Fsp3) is 0.154. The number of alkyl halides is 3. The van der Waals surface area contributed by atoms with Gasteiger partial charge in [0, 0.05) is 28.0 Å². The number of hydrazine groups is 1. The van der Waals surface area contributed by atoms with Crippen molar-refractivity contribution in [2.24, 2.45) is 5.84 Å². The molecule has 0 fully saturated rings. The molecule has 0 bridgehead atoms. The second kappa shape index (κ2) is 6.19. The van der Waals surface area contributed by atoms with Gasteiger partial charge in [0.1, 0.15) is 0 Å². The van der Waals surface area contributed by atoms with Crippen molar-refractivity contribution >= 4 is 23.2 Å². The van der Waals surface area contributed by atoms with Gasteiger partial charge in [-0.05, 0) is 23.8 Å². The van der Waals surface area contributed by atoms with Crippen LogP contribution in [0.15, 0.2) is 36.7 Å². The molecular weight excluding hydrogens is 326 g/mol. The number of halogens is 5. The molecular formula is C13H10Cl2F3N3. The van der Waals surface area contributed by atoms with Crippen molar-refractivity contribution in [1.29, 1.82) is 0 Å². The van der Waals surface area contributed by atoms with E-state index < -0.39 is 17.8 Å². The molecule has 21 heavy (non-hydrogen) atoms. The molecule has 2 aromatic rings. The molecule has 1 unspecified atom stereocenters. The highest BCUT2D eigenvalue weighted by atomic mass is 35.5. The first-order chi connectivity index (χ1) is 9.84. The quantitative estimate of drug-likeness (QED) is 0.659. The zero-order valence-corrected chi connectivity index (χ0v) is 12.0. The average Bonchev–Trinajstić information content (AvgIpc) is 2.41. The third-order valence-corrected chi connectivity index (χ3v) is 3.47. The van der Waals surface area contributed by atoms with Gasteiger partial charge in [0.15, 0.2) is 0 Å². The Morgan fingerprint density at radius 1 is 1.14 bits per heavy atom. The number of nitrogens with zero attached hydrogens (tertiary/aromatic N) is 1. The Kier molecular flexibility index (Phi) is 4.73. The minimum atomic E-state index is -4.52. The molecule has 3 nitrogen and oxygen atoms in total. The zero-order chi connectivity index (χ0) is 15.6. The summed E-state index contributed by atoms with van der Waals surface area (Å²) in [5.74, 6) is 5.42. The molecule has 0 spiro atoms. The second-order valence-electron chi connectivity index (χ2n) is 4.23. The van der Waals surface area contributed by atoms with Crippen molar-refractivity contribution in [2.45, 2.75) is 12.2 Å². The number of pyridine rings is 1. The molecule has 1 aromatic heterocycles. The molecule has 0 aliphatic carbocycles. The lowest BCUT2D eigenvalue weighted by Crippen LogP contribution is -2.31. The van der Waals surface area contributed by atoms with E-state index in [9.17, 15) is 13.2 Å². The SMILES string of the molecule is NNC(c1ccc(Cl)cc1Cl)c1cnccc1C(F)(F)F. The average molecular weight is 336 g/mol. The van der Waals surface area contributed by atoms with Crippen LogP contribution in [0.1, 0.15) is 22.7 Å². The minimum absolute atomic E-state index is 0.114. The predicted molar refractivity (Wildman–Crippen MR) is 74.9 cm³/mol. The Balaban J connectivity index is 2.57. The molecule has 1 atom stereocenters. The molecule has 8 heteroatoms. The molecule has 112 valence electrons. The van der Waals surface area contributed by atoms with E-state index in [2.05, 4.69) is 10.4 Å². The van der Waals surface area contributed by atoms with Crippen LogP contribution in [0.3, 0.4) is 0 Å². The van der Waals surface area contributed by atoms with Crippen molar-refractivity contribution in [2.75, 3.05) is 0 Å². The van der Waals surface area contributed by atoms with E-state index in [1.165, 1.54) is 18.2 Å². The van der Waals surface area contributed by atoms with E-state index in [1.807, 2.05) is 0 Å². The van der Waals surface area contributed by atoms with Crippen LogP contribution in [0.25, 0.3) is 0 Å². The van der Waals surface area contributed by atoms with Gasteiger partial charge in [-0.2, -0.15) is 13.2 Å². The molecule has 1 aromatic carbocycles. The van der Waals surface area contributed by atoms with Crippen LogP contribution in [-0.2, 0) is 6.18 Å². The Bertz CT molecular complexity index is 647. The maximum Gasteiger partial charge on any atom is 0.416 e. The molecule has 2 rings (SSSR count). The summed E-state index contributed by atoms with van der Waals surface area (Å²) in [5.41, 5.74) is 1.78. The lowest BCUT2D eigenvalue weighted by atomic mass is 9.96. The number of nitrogens with two attached hydrogens (primary N) is 1. The van der Waals surface area contributed by atoms with E-state index in [0.29, 0.717) is 10.6 Å². The van der Waals surface area contributed by atoms with E-state index in [1.54, 1.807) is 0 Å². The Labute approximate surface area is 128 Å². The minimum Gasteiger partial charge on any atom is -0.271 e. The highest BCUT2D eigenvalue weighted by Crippen LogP contribution is 2.37. The Hall–Kier alpha value is -1.34. The highest BCUT2D eigenvalue weighted by Gasteiger charge is 2.35. The standard InChI is InChI=1S/C13H10Cl2F3N3/c14-7-1-2-8(11(15)5-7)12(21-19)9-6-20-4-3-10(9)13(16,17)18/h1-6,12,21H,19H2. The summed E-state index contributed by atoms with van der Waals surface area (Å²) < 4.78 is 39.2. The number of hydrogen-bond donors (Lipinski definition) is 2. The molecule has 0 saturated carbocycles. The zero-order valence-electron chi connectivity index (χ0n) is 10.5. The van der Waals surface area contributed by atoms with Gasteiger partial charge in [0.05, 0.1) is 11.6 Å². The number of aromatic nitrogens is 1. The van der Waals surface area contributed by atoms with Gasteiger partial charge >= 0.3 is 6.18 Å². The number of rotatable bonds is 3.